The van der Waals surface area contributed by atoms with Crippen LogP contribution in [0.25, 0.3) is 0 Å². The Labute approximate surface area is 131 Å². The molecule has 23 heavy (non-hydrogen) atoms. The Hall–Kier alpha value is -2.94. The molecule has 0 heterocycles. The van der Waals surface area contributed by atoms with Crippen LogP contribution in [0.2, 0.25) is 0 Å². The number of carboxylic acid groups (broad SMARTS) is 1. The van der Waals surface area contributed by atoms with E-state index in [0.29, 0.717) is 5.56 Å². The van der Waals surface area contributed by atoms with Gasteiger partial charge in [0.15, 0.2) is 0 Å². The van der Waals surface area contributed by atoms with Crippen LogP contribution in [0.5, 0.6) is 0 Å². The van der Waals surface area contributed by atoms with Gasteiger partial charge in [-0.2, -0.15) is 0 Å². The van der Waals surface area contributed by atoms with Gasteiger partial charge in [-0.05, 0) is 19.1 Å². The molecule has 2 aromatic carbocycles. The summed E-state index contributed by atoms with van der Waals surface area (Å²) in [4.78, 5) is 20.9. The molecular weight excluding hydrogens is 324 g/mol. The predicted octanol–water partition coefficient (Wildman–Crippen LogP) is 1.07. The second-order valence-electron chi connectivity index (χ2n) is 4.64. The van der Waals surface area contributed by atoms with Crippen molar-refractivity contribution < 1.29 is 23.2 Å². The van der Waals surface area contributed by atoms with Crippen LogP contribution in [0.15, 0.2) is 47.4 Å². The van der Waals surface area contributed by atoms with E-state index in [-0.39, 0.29) is 21.8 Å². The molecule has 0 bridgehead atoms. The highest BCUT2D eigenvalue weighted by Gasteiger charge is 2.20. The van der Waals surface area contributed by atoms with Crippen molar-refractivity contribution in [2.75, 3.05) is 4.72 Å². The first-order valence-electron chi connectivity index (χ1n) is 6.30. The number of aromatic carboxylic acids is 1. The van der Waals surface area contributed by atoms with Crippen molar-refractivity contribution in [1.82, 2.24) is 0 Å². The summed E-state index contributed by atoms with van der Waals surface area (Å²) in [7, 11) is -4.19. The van der Waals surface area contributed by atoms with Crippen molar-refractivity contribution in [2.45, 2.75) is 11.8 Å². The molecule has 8 nitrogen and oxygen atoms in total. The summed E-state index contributed by atoms with van der Waals surface area (Å²) in [6, 6.07) is 8.72. The summed E-state index contributed by atoms with van der Waals surface area (Å²) < 4.78 is 26.7. The fourth-order valence-corrected chi connectivity index (χ4v) is 3.01. The number of benzene rings is 2. The van der Waals surface area contributed by atoms with Crippen LogP contribution in [0.1, 0.15) is 15.9 Å². The molecule has 0 saturated carbocycles. The van der Waals surface area contributed by atoms with E-state index in [4.69, 9.17) is 0 Å². The maximum Gasteiger partial charge on any atom is 0.273 e. The molecule has 0 spiro atoms. The van der Waals surface area contributed by atoms with Gasteiger partial charge in [0.25, 0.3) is 15.7 Å². The van der Waals surface area contributed by atoms with Gasteiger partial charge in [0.2, 0.25) is 0 Å². The van der Waals surface area contributed by atoms with Gasteiger partial charge in [-0.15, -0.1) is 0 Å². The minimum absolute atomic E-state index is 0.185. The van der Waals surface area contributed by atoms with Crippen molar-refractivity contribution in [3.63, 3.8) is 0 Å². The topological polar surface area (TPSA) is 129 Å². The normalized spacial score (nSPS) is 11.0. The Morgan fingerprint density at radius 3 is 2.43 bits per heavy atom. The zero-order chi connectivity index (χ0) is 17.2. The van der Waals surface area contributed by atoms with Crippen LogP contribution < -0.4 is 9.83 Å². The SMILES string of the molecule is Cc1ccc(S(=O)(=O)Nc2ccccc2C(=O)[O-])cc1[N+](=O)[O-]. The number of nitro groups is 1. The molecule has 0 fully saturated rings. The van der Waals surface area contributed by atoms with Gasteiger partial charge in [0.05, 0.1) is 21.5 Å². The number of hydrogen-bond donors (Lipinski definition) is 1. The summed E-state index contributed by atoms with van der Waals surface area (Å²) in [5.74, 6) is -1.54. The molecule has 0 unspecified atom stereocenters. The maximum atomic E-state index is 12.3. The fraction of sp³-hybridized carbons (Fsp3) is 0.0714. The van der Waals surface area contributed by atoms with E-state index in [0.717, 1.165) is 6.07 Å². The van der Waals surface area contributed by atoms with Gasteiger partial charge in [-0.25, -0.2) is 8.42 Å². The Bertz CT molecular complexity index is 892. The van der Waals surface area contributed by atoms with E-state index >= 15 is 0 Å². The van der Waals surface area contributed by atoms with E-state index in [1.807, 2.05) is 0 Å². The monoisotopic (exact) mass is 335 g/mol. The Morgan fingerprint density at radius 1 is 1.17 bits per heavy atom. The van der Waals surface area contributed by atoms with E-state index in [1.165, 1.54) is 43.3 Å². The molecule has 9 heteroatoms. The largest absolute Gasteiger partial charge is 0.545 e. The number of nitro benzene ring substituents is 1. The number of carboxylic acids is 1. The molecule has 0 saturated heterocycles. The number of hydrogen-bond acceptors (Lipinski definition) is 6. The summed E-state index contributed by atoms with van der Waals surface area (Å²) >= 11 is 0. The maximum absolute atomic E-state index is 12.3. The molecule has 0 atom stereocenters. The van der Waals surface area contributed by atoms with E-state index in [2.05, 4.69) is 4.72 Å². The van der Waals surface area contributed by atoms with Gasteiger partial charge in [-0.3, -0.25) is 14.8 Å². The van der Waals surface area contributed by atoms with Crippen LogP contribution in [0, 0.1) is 17.0 Å². The molecule has 1 N–H and O–H groups in total. The zero-order valence-corrected chi connectivity index (χ0v) is 12.7. The molecule has 120 valence electrons. The third-order valence-electron chi connectivity index (χ3n) is 3.08. The molecule has 0 aromatic heterocycles. The number of rotatable bonds is 5. The summed E-state index contributed by atoms with van der Waals surface area (Å²) in [5, 5.41) is 21.9. The zero-order valence-electron chi connectivity index (χ0n) is 11.8. The van der Waals surface area contributed by atoms with Gasteiger partial charge in [-0.1, -0.05) is 24.3 Å². The van der Waals surface area contributed by atoms with Crippen LogP contribution in [0.4, 0.5) is 11.4 Å². The Balaban J connectivity index is 2.47. The first kappa shape index (κ1) is 16.4. The van der Waals surface area contributed by atoms with Crippen LogP contribution in [-0.2, 0) is 10.0 Å². The van der Waals surface area contributed by atoms with E-state index in [9.17, 15) is 28.4 Å². The average Bonchev–Trinajstić information content (AvgIpc) is 2.47. The summed E-state index contributed by atoms with van der Waals surface area (Å²) in [5.41, 5.74) is -0.557. The lowest BCUT2D eigenvalue weighted by molar-refractivity contribution is -0.385. The van der Waals surface area contributed by atoms with Crippen molar-refractivity contribution in [2.24, 2.45) is 0 Å². The van der Waals surface area contributed by atoms with Crippen molar-refractivity contribution in [3.8, 4) is 0 Å². The number of carbonyl (C=O) groups is 1. The third-order valence-corrected chi connectivity index (χ3v) is 4.44. The molecule has 0 aliphatic carbocycles. The third kappa shape index (κ3) is 3.46. The lowest BCUT2D eigenvalue weighted by Gasteiger charge is -2.13. The van der Waals surface area contributed by atoms with E-state index < -0.39 is 20.9 Å². The van der Waals surface area contributed by atoms with E-state index in [1.54, 1.807) is 0 Å². The number of nitrogens with zero attached hydrogens (tertiary/aromatic N) is 1. The second kappa shape index (κ2) is 6.05. The molecular formula is C14H11N2O6S-. The Morgan fingerprint density at radius 2 is 1.83 bits per heavy atom. The first-order chi connectivity index (χ1) is 10.7. The van der Waals surface area contributed by atoms with Crippen molar-refractivity contribution in [3.05, 3.63) is 63.7 Å². The van der Waals surface area contributed by atoms with Crippen molar-refractivity contribution >= 4 is 27.4 Å². The predicted molar refractivity (Wildman–Crippen MR) is 79.4 cm³/mol. The number of aryl methyl sites for hydroxylation is 1. The molecule has 2 rings (SSSR count). The number of nitrogens with one attached hydrogen (secondary N) is 1. The highest BCUT2D eigenvalue weighted by molar-refractivity contribution is 7.92. The second-order valence-corrected chi connectivity index (χ2v) is 6.33. The highest BCUT2D eigenvalue weighted by Crippen LogP contribution is 2.25. The highest BCUT2D eigenvalue weighted by atomic mass is 32.2. The number of carbonyl (C=O) groups excluding carboxylic acids is 1. The van der Waals surface area contributed by atoms with Crippen LogP contribution in [-0.4, -0.2) is 19.3 Å². The smallest absolute Gasteiger partial charge is 0.273 e. The quantitative estimate of drug-likeness (QED) is 0.642. The van der Waals surface area contributed by atoms with Gasteiger partial charge >= 0.3 is 0 Å². The fourth-order valence-electron chi connectivity index (χ4n) is 1.91. The Kier molecular flexibility index (Phi) is 4.32. The van der Waals surface area contributed by atoms with Crippen LogP contribution in [0.3, 0.4) is 0 Å². The van der Waals surface area contributed by atoms with Crippen LogP contribution >= 0.6 is 0 Å². The standard InChI is InChI=1S/C14H12N2O6S/c1-9-6-7-10(8-13(9)16(19)20)23(21,22)15-12-5-3-2-4-11(12)14(17)18/h2-8,15H,1H3,(H,17,18)/p-1. The minimum Gasteiger partial charge on any atom is -0.545 e. The lowest BCUT2D eigenvalue weighted by Crippen LogP contribution is -2.24. The minimum atomic E-state index is -4.19. The molecule has 0 aliphatic rings. The van der Waals surface area contributed by atoms with Gasteiger partial charge in [0.1, 0.15) is 0 Å². The van der Waals surface area contributed by atoms with Crippen molar-refractivity contribution in [1.29, 1.82) is 0 Å². The average molecular weight is 335 g/mol. The first-order valence-corrected chi connectivity index (χ1v) is 7.79. The number of anilines is 1. The summed E-state index contributed by atoms with van der Waals surface area (Å²) in [6.45, 7) is 1.48. The van der Waals surface area contributed by atoms with Gasteiger partial charge in [0, 0.05) is 17.2 Å². The van der Waals surface area contributed by atoms with Gasteiger partial charge < -0.3 is 9.90 Å². The number of sulfonamides is 1. The molecule has 0 radical (unpaired) electrons. The molecule has 0 amide bonds. The number of para-hydroxylation sites is 1. The molecule has 0 aliphatic heterocycles. The molecule has 2 aromatic rings. The summed E-state index contributed by atoms with van der Waals surface area (Å²) in [6.07, 6.45) is 0. The lowest BCUT2D eigenvalue weighted by atomic mass is 10.2.